The average Bonchev–Trinajstić information content (AvgIpc) is 2.98. The summed E-state index contributed by atoms with van der Waals surface area (Å²) >= 11 is 0. The van der Waals surface area contributed by atoms with Gasteiger partial charge in [0.15, 0.2) is 0 Å². The fraction of sp³-hybridized carbons (Fsp3) is 0.167. The first-order valence-electron chi connectivity index (χ1n) is 7.61. The molecule has 3 amide bonds. The summed E-state index contributed by atoms with van der Waals surface area (Å²) in [6.45, 7) is 0.355. The lowest BCUT2D eigenvalue weighted by atomic mass is 10.1. The molecule has 0 spiro atoms. The lowest BCUT2D eigenvalue weighted by molar-refractivity contribution is -0.122. The summed E-state index contributed by atoms with van der Waals surface area (Å²) in [6.07, 6.45) is 0.181. The van der Waals surface area contributed by atoms with Crippen molar-refractivity contribution >= 4 is 29.1 Å². The van der Waals surface area contributed by atoms with Gasteiger partial charge in [0.2, 0.25) is 17.7 Å². The van der Waals surface area contributed by atoms with Crippen LogP contribution in [0.1, 0.15) is 16.8 Å². The molecule has 0 radical (unpaired) electrons. The van der Waals surface area contributed by atoms with Gasteiger partial charge in [-0.05, 0) is 36.4 Å². The topological polar surface area (TPSA) is 92.5 Å². The van der Waals surface area contributed by atoms with Gasteiger partial charge in [-0.2, -0.15) is 0 Å². The highest BCUT2D eigenvalue weighted by Crippen LogP contribution is 2.25. The smallest absolute Gasteiger partial charge is 0.248 e. The maximum atomic E-state index is 12.4. The number of amides is 3. The minimum Gasteiger partial charge on any atom is -0.366 e. The molecule has 3 N–H and O–H groups in total. The first-order valence-corrected chi connectivity index (χ1v) is 7.61. The third-order valence-corrected chi connectivity index (χ3v) is 4.00. The average molecular weight is 323 g/mol. The van der Waals surface area contributed by atoms with E-state index in [1.165, 1.54) is 0 Å². The molecular formula is C18H17N3O3. The fourth-order valence-electron chi connectivity index (χ4n) is 2.70. The number of carbonyl (C=O) groups is 3. The maximum absolute atomic E-state index is 12.4. The minimum atomic E-state index is -0.521. The van der Waals surface area contributed by atoms with Crippen molar-refractivity contribution in [1.82, 2.24) is 0 Å². The molecule has 6 heteroatoms. The van der Waals surface area contributed by atoms with E-state index in [-0.39, 0.29) is 18.2 Å². The van der Waals surface area contributed by atoms with E-state index < -0.39 is 11.8 Å². The molecule has 122 valence electrons. The molecule has 2 aromatic carbocycles. The van der Waals surface area contributed by atoms with Gasteiger partial charge in [-0.25, -0.2) is 0 Å². The van der Waals surface area contributed by atoms with Crippen LogP contribution in [-0.4, -0.2) is 24.3 Å². The molecule has 0 aromatic heterocycles. The van der Waals surface area contributed by atoms with Crippen LogP contribution in [0.5, 0.6) is 0 Å². The van der Waals surface area contributed by atoms with Crippen molar-refractivity contribution in [3.63, 3.8) is 0 Å². The zero-order chi connectivity index (χ0) is 17.1. The number of primary amides is 1. The zero-order valence-corrected chi connectivity index (χ0v) is 12.9. The normalized spacial score (nSPS) is 16.9. The van der Waals surface area contributed by atoms with E-state index in [2.05, 4.69) is 5.32 Å². The Morgan fingerprint density at radius 1 is 1.04 bits per heavy atom. The quantitative estimate of drug-likeness (QED) is 0.898. The lowest BCUT2D eigenvalue weighted by Gasteiger charge is -2.16. The molecule has 1 aliphatic heterocycles. The first kappa shape index (κ1) is 15.7. The Hall–Kier alpha value is -3.15. The zero-order valence-electron chi connectivity index (χ0n) is 12.9. The van der Waals surface area contributed by atoms with Crippen molar-refractivity contribution < 1.29 is 14.4 Å². The number of nitrogens with one attached hydrogen (secondary N) is 1. The summed E-state index contributed by atoms with van der Waals surface area (Å²) in [5.41, 5.74) is 6.92. The van der Waals surface area contributed by atoms with Gasteiger partial charge in [-0.15, -0.1) is 0 Å². The number of carbonyl (C=O) groups excluding carboxylic acids is 3. The van der Waals surface area contributed by atoms with E-state index in [1.54, 1.807) is 29.2 Å². The van der Waals surface area contributed by atoms with Crippen LogP contribution in [0.15, 0.2) is 54.6 Å². The first-order chi connectivity index (χ1) is 11.5. The van der Waals surface area contributed by atoms with E-state index in [0.29, 0.717) is 17.8 Å². The Kier molecular flexibility index (Phi) is 4.29. The highest BCUT2D eigenvalue weighted by atomic mass is 16.2. The monoisotopic (exact) mass is 323 g/mol. The van der Waals surface area contributed by atoms with Crippen LogP contribution in [0.2, 0.25) is 0 Å². The van der Waals surface area contributed by atoms with Crippen LogP contribution < -0.4 is 16.0 Å². The van der Waals surface area contributed by atoms with E-state index in [4.69, 9.17) is 5.73 Å². The number of rotatable bonds is 4. The van der Waals surface area contributed by atoms with Gasteiger partial charge in [0.05, 0.1) is 5.92 Å². The molecule has 1 aliphatic rings. The van der Waals surface area contributed by atoms with E-state index >= 15 is 0 Å². The molecule has 1 heterocycles. The standard InChI is InChI=1S/C18H17N3O3/c19-17(23)12-6-8-14(9-7-12)20-18(24)13-10-16(22)21(11-13)15-4-2-1-3-5-15/h1-9,13H,10-11H2,(H2,19,23)(H,20,24). The minimum absolute atomic E-state index is 0.0644. The number of benzene rings is 2. The van der Waals surface area contributed by atoms with Crippen LogP contribution in [-0.2, 0) is 9.59 Å². The molecule has 6 nitrogen and oxygen atoms in total. The number of hydrogen-bond donors (Lipinski definition) is 2. The number of nitrogens with zero attached hydrogens (tertiary/aromatic N) is 1. The Morgan fingerprint density at radius 2 is 1.71 bits per heavy atom. The molecule has 0 bridgehead atoms. The van der Waals surface area contributed by atoms with Crippen LogP contribution in [0.4, 0.5) is 11.4 Å². The molecule has 1 atom stereocenters. The highest BCUT2D eigenvalue weighted by Gasteiger charge is 2.35. The second-order valence-electron chi connectivity index (χ2n) is 5.67. The second kappa shape index (κ2) is 6.54. The van der Waals surface area contributed by atoms with Gasteiger partial charge in [-0.1, -0.05) is 18.2 Å². The largest absolute Gasteiger partial charge is 0.366 e. The molecule has 1 unspecified atom stereocenters. The molecule has 1 fully saturated rings. The predicted octanol–water partition coefficient (Wildman–Crippen LogP) is 1.78. The van der Waals surface area contributed by atoms with E-state index in [0.717, 1.165) is 5.69 Å². The van der Waals surface area contributed by atoms with Crippen molar-refractivity contribution in [3.8, 4) is 0 Å². The predicted molar refractivity (Wildman–Crippen MR) is 90.5 cm³/mol. The molecule has 1 saturated heterocycles. The Morgan fingerprint density at radius 3 is 2.33 bits per heavy atom. The summed E-state index contributed by atoms with van der Waals surface area (Å²) in [5, 5.41) is 2.77. The van der Waals surface area contributed by atoms with Crippen molar-refractivity contribution in [2.24, 2.45) is 11.7 Å². The molecule has 24 heavy (non-hydrogen) atoms. The molecule has 2 aromatic rings. The summed E-state index contributed by atoms with van der Waals surface area (Å²) in [5.74, 6) is -1.21. The Balaban J connectivity index is 1.66. The number of hydrogen-bond acceptors (Lipinski definition) is 3. The van der Waals surface area contributed by atoms with Crippen LogP contribution in [0.3, 0.4) is 0 Å². The third kappa shape index (κ3) is 3.27. The van der Waals surface area contributed by atoms with Crippen LogP contribution in [0.25, 0.3) is 0 Å². The maximum Gasteiger partial charge on any atom is 0.248 e. The summed E-state index contributed by atoms with van der Waals surface area (Å²) in [4.78, 5) is 37.2. The van der Waals surface area contributed by atoms with Crippen LogP contribution >= 0.6 is 0 Å². The molecule has 0 saturated carbocycles. The number of anilines is 2. The Labute approximate surface area is 139 Å². The fourth-order valence-corrected chi connectivity index (χ4v) is 2.70. The van der Waals surface area contributed by atoms with Crippen molar-refractivity contribution in [2.75, 3.05) is 16.8 Å². The number of para-hydroxylation sites is 1. The van der Waals surface area contributed by atoms with Crippen molar-refractivity contribution in [1.29, 1.82) is 0 Å². The second-order valence-corrected chi connectivity index (χ2v) is 5.67. The number of nitrogens with two attached hydrogens (primary N) is 1. The van der Waals surface area contributed by atoms with E-state index in [9.17, 15) is 14.4 Å². The molecule has 0 aliphatic carbocycles. The van der Waals surface area contributed by atoms with Gasteiger partial charge in [0, 0.05) is 29.9 Å². The highest BCUT2D eigenvalue weighted by molar-refractivity contribution is 6.03. The lowest BCUT2D eigenvalue weighted by Crippen LogP contribution is -2.28. The SMILES string of the molecule is NC(=O)c1ccc(NC(=O)C2CC(=O)N(c3ccccc3)C2)cc1. The van der Waals surface area contributed by atoms with Crippen molar-refractivity contribution in [3.05, 3.63) is 60.2 Å². The van der Waals surface area contributed by atoms with Gasteiger partial charge in [0.1, 0.15) is 0 Å². The summed E-state index contributed by atoms with van der Waals surface area (Å²) in [7, 11) is 0. The van der Waals surface area contributed by atoms with Gasteiger partial charge >= 0.3 is 0 Å². The molecule has 3 rings (SSSR count). The Bertz CT molecular complexity index is 772. The van der Waals surface area contributed by atoms with Gasteiger partial charge in [0.25, 0.3) is 0 Å². The van der Waals surface area contributed by atoms with Crippen molar-refractivity contribution in [2.45, 2.75) is 6.42 Å². The summed E-state index contributed by atoms with van der Waals surface area (Å²) in [6, 6.07) is 15.6. The summed E-state index contributed by atoms with van der Waals surface area (Å²) < 4.78 is 0. The van der Waals surface area contributed by atoms with Gasteiger partial charge < -0.3 is 16.0 Å². The van der Waals surface area contributed by atoms with Gasteiger partial charge in [-0.3, -0.25) is 14.4 Å². The van der Waals surface area contributed by atoms with Crippen LogP contribution in [0, 0.1) is 5.92 Å². The van der Waals surface area contributed by atoms with E-state index in [1.807, 2.05) is 30.3 Å². The third-order valence-electron chi connectivity index (χ3n) is 4.00. The molecular weight excluding hydrogens is 306 g/mol.